The van der Waals surface area contributed by atoms with Crippen LogP contribution in [-0.4, -0.2) is 31.9 Å². The van der Waals surface area contributed by atoms with Gasteiger partial charge in [0.2, 0.25) is 0 Å². The molecule has 0 aromatic heterocycles. The lowest BCUT2D eigenvalue weighted by Crippen LogP contribution is -2.14. The molecule has 0 saturated carbocycles. The molecular formula is C22H30FN3. The molecule has 0 bridgehead atoms. The van der Waals surface area contributed by atoms with Crippen molar-refractivity contribution in [1.29, 1.82) is 0 Å². The fraction of sp³-hybridized carbons (Fsp3) is 0.409. The number of nitrogens with zero attached hydrogens (tertiary/aromatic N) is 3. The van der Waals surface area contributed by atoms with E-state index in [0.717, 1.165) is 17.8 Å². The summed E-state index contributed by atoms with van der Waals surface area (Å²) in [5, 5.41) is 0. The summed E-state index contributed by atoms with van der Waals surface area (Å²) in [7, 11) is 3.83. The Hall–Kier alpha value is -2.36. The van der Waals surface area contributed by atoms with Gasteiger partial charge in [-0.25, -0.2) is 9.38 Å². The fourth-order valence-electron chi connectivity index (χ4n) is 2.62. The first-order valence-electron chi connectivity index (χ1n) is 9.02. The highest BCUT2D eigenvalue weighted by Crippen LogP contribution is 2.33. The van der Waals surface area contributed by atoms with Crippen LogP contribution in [0.3, 0.4) is 0 Å². The molecule has 0 aliphatic heterocycles. The van der Waals surface area contributed by atoms with E-state index in [1.807, 2.05) is 55.9 Å². The van der Waals surface area contributed by atoms with Crippen molar-refractivity contribution in [2.75, 3.05) is 25.5 Å². The Labute approximate surface area is 157 Å². The van der Waals surface area contributed by atoms with E-state index in [1.165, 1.54) is 11.6 Å². The molecule has 4 heteroatoms. The summed E-state index contributed by atoms with van der Waals surface area (Å²) in [6, 6.07) is 11.7. The van der Waals surface area contributed by atoms with Crippen molar-refractivity contribution in [3.8, 4) is 0 Å². The topological polar surface area (TPSA) is 18.8 Å². The van der Waals surface area contributed by atoms with E-state index in [4.69, 9.17) is 0 Å². The Morgan fingerprint density at radius 2 is 1.69 bits per heavy atom. The van der Waals surface area contributed by atoms with Gasteiger partial charge in [0.1, 0.15) is 5.82 Å². The van der Waals surface area contributed by atoms with Gasteiger partial charge in [-0.05, 0) is 48.6 Å². The number of aliphatic imine (C=N–C) groups is 1. The minimum absolute atomic E-state index is 0.101. The molecule has 0 aliphatic carbocycles. The molecular weight excluding hydrogens is 325 g/mol. The van der Waals surface area contributed by atoms with Gasteiger partial charge in [-0.15, -0.1) is 0 Å². The highest BCUT2D eigenvalue weighted by Gasteiger charge is 2.16. The molecule has 2 aromatic rings. The third-order valence-corrected chi connectivity index (χ3v) is 4.64. The SMILES string of the molecule is CCN(C)C=Nc1cc(F)c(N(C)c2ccc(C(C)(C)C)cc2)cc1C. The van der Waals surface area contributed by atoms with Crippen LogP contribution in [0.1, 0.15) is 38.8 Å². The quantitative estimate of drug-likeness (QED) is 0.498. The van der Waals surface area contributed by atoms with Crippen LogP contribution < -0.4 is 4.90 Å². The van der Waals surface area contributed by atoms with Crippen molar-refractivity contribution < 1.29 is 4.39 Å². The zero-order valence-electron chi connectivity index (χ0n) is 17.0. The van der Waals surface area contributed by atoms with Gasteiger partial charge in [-0.1, -0.05) is 32.9 Å². The van der Waals surface area contributed by atoms with E-state index < -0.39 is 0 Å². The molecule has 0 heterocycles. The number of benzene rings is 2. The average molecular weight is 356 g/mol. The van der Waals surface area contributed by atoms with E-state index in [-0.39, 0.29) is 11.2 Å². The second kappa shape index (κ2) is 7.90. The summed E-state index contributed by atoms with van der Waals surface area (Å²) in [6.45, 7) is 11.4. The lowest BCUT2D eigenvalue weighted by atomic mass is 9.87. The first kappa shape index (κ1) is 20.0. The number of halogens is 1. The molecule has 3 nitrogen and oxygen atoms in total. The number of rotatable bonds is 5. The predicted octanol–water partition coefficient (Wildman–Crippen LogP) is 5.81. The lowest BCUT2D eigenvalue weighted by Gasteiger charge is -2.24. The molecule has 0 amide bonds. The third kappa shape index (κ3) is 4.63. The summed E-state index contributed by atoms with van der Waals surface area (Å²) < 4.78 is 14.7. The van der Waals surface area contributed by atoms with E-state index in [9.17, 15) is 4.39 Å². The summed E-state index contributed by atoms with van der Waals surface area (Å²) in [5.74, 6) is -0.274. The van der Waals surface area contributed by atoms with Crippen LogP contribution in [0.4, 0.5) is 21.5 Å². The lowest BCUT2D eigenvalue weighted by molar-refractivity contribution is 0.552. The number of anilines is 2. The molecule has 2 rings (SSSR count). The van der Waals surface area contributed by atoms with Crippen LogP contribution >= 0.6 is 0 Å². The zero-order valence-corrected chi connectivity index (χ0v) is 17.0. The van der Waals surface area contributed by atoms with Crippen LogP contribution in [0, 0.1) is 12.7 Å². The van der Waals surface area contributed by atoms with Crippen molar-refractivity contribution >= 4 is 23.4 Å². The van der Waals surface area contributed by atoms with Gasteiger partial charge in [0.05, 0.1) is 17.7 Å². The Morgan fingerprint density at radius 3 is 2.23 bits per heavy atom. The second-order valence-electron chi connectivity index (χ2n) is 7.76. The first-order valence-corrected chi connectivity index (χ1v) is 9.02. The molecule has 26 heavy (non-hydrogen) atoms. The largest absolute Gasteiger partial charge is 0.366 e. The predicted molar refractivity (Wildman–Crippen MR) is 111 cm³/mol. The maximum atomic E-state index is 14.7. The van der Waals surface area contributed by atoms with Crippen molar-refractivity contribution in [2.24, 2.45) is 4.99 Å². The molecule has 0 atom stereocenters. The van der Waals surface area contributed by atoms with Crippen molar-refractivity contribution in [3.05, 3.63) is 53.3 Å². The summed E-state index contributed by atoms with van der Waals surface area (Å²) in [4.78, 5) is 8.22. The first-order chi connectivity index (χ1) is 12.1. The van der Waals surface area contributed by atoms with Crippen molar-refractivity contribution in [1.82, 2.24) is 4.90 Å². The average Bonchev–Trinajstić information content (AvgIpc) is 2.60. The van der Waals surface area contributed by atoms with Crippen molar-refractivity contribution in [3.63, 3.8) is 0 Å². The summed E-state index contributed by atoms with van der Waals surface area (Å²) in [5.41, 5.74) is 4.47. The van der Waals surface area contributed by atoms with Gasteiger partial charge >= 0.3 is 0 Å². The van der Waals surface area contributed by atoms with E-state index in [1.54, 1.807) is 6.34 Å². The maximum absolute atomic E-state index is 14.7. The van der Waals surface area contributed by atoms with E-state index >= 15 is 0 Å². The number of hydrogen-bond acceptors (Lipinski definition) is 2. The Kier molecular flexibility index (Phi) is 6.06. The second-order valence-corrected chi connectivity index (χ2v) is 7.76. The van der Waals surface area contributed by atoms with Gasteiger partial charge in [-0.2, -0.15) is 0 Å². The smallest absolute Gasteiger partial charge is 0.148 e. The molecule has 0 spiro atoms. The molecule has 0 N–H and O–H groups in total. The minimum Gasteiger partial charge on any atom is -0.366 e. The molecule has 2 aromatic carbocycles. The third-order valence-electron chi connectivity index (χ3n) is 4.64. The van der Waals surface area contributed by atoms with Gasteiger partial charge < -0.3 is 9.80 Å². The van der Waals surface area contributed by atoms with Crippen LogP contribution in [0.5, 0.6) is 0 Å². The molecule has 0 fully saturated rings. The zero-order chi connectivity index (χ0) is 19.5. The van der Waals surface area contributed by atoms with Gasteiger partial charge in [-0.3, -0.25) is 0 Å². The summed E-state index contributed by atoms with van der Waals surface area (Å²) in [6.07, 6.45) is 1.73. The van der Waals surface area contributed by atoms with Gasteiger partial charge in [0.25, 0.3) is 0 Å². The van der Waals surface area contributed by atoms with Crippen molar-refractivity contribution in [2.45, 2.75) is 40.0 Å². The molecule has 0 unspecified atom stereocenters. The van der Waals surface area contributed by atoms with Crippen LogP contribution in [0.25, 0.3) is 0 Å². The normalized spacial score (nSPS) is 11.8. The van der Waals surface area contributed by atoms with E-state index in [0.29, 0.717) is 11.4 Å². The number of hydrogen-bond donors (Lipinski definition) is 0. The highest BCUT2D eigenvalue weighted by atomic mass is 19.1. The molecule has 0 radical (unpaired) electrons. The van der Waals surface area contributed by atoms with Crippen LogP contribution in [0.2, 0.25) is 0 Å². The summed E-state index contributed by atoms with van der Waals surface area (Å²) >= 11 is 0. The Balaban J connectivity index is 2.30. The minimum atomic E-state index is -0.274. The van der Waals surface area contributed by atoms with E-state index in [2.05, 4.69) is 37.9 Å². The standard InChI is InChI=1S/C22H30FN3/c1-8-25(6)15-24-20-14-19(23)21(13-16(20)2)26(7)18-11-9-17(10-12-18)22(3,4)5/h9-15H,8H2,1-7H3. The molecule has 0 saturated heterocycles. The maximum Gasteiger partial charge on any atom is 0.148 e. The van der Waals surface area contributed by atoms with Crippen LogP contribution in [-0.2, 0) is 5.41 Å². The van der Waals surface area contributed by atoms with Gasteiger partial charge in [0, 0.05) is 32.4 Å². The Morgan fingerprint density at radius 1 is 1.08 bits per heavy atom. The number of aryl methyl sites for hydroxylation is 1. The molecule has 140 valence electrons. The highest BCUT2D eigenvalue weighted by molar-refractivity contribution is 5.69. The molecule has 0 aliphatic rings. The Bertz CT molecular complexity index is 773. The van der Waals surface area contributed by atoms with Crippen LogP contribution in [0.15, 0.2) is 41.4 Å². The van der Waals surface area contributed by atoms with Gasteiger partial charge in [0.15, 0.2) is 0 Å². The fourth-order valence-corrected chi connectivity index (χ4v) is 2.62. The monoisotopic (exact) mass is 355 g/mol.